The van der Waals surface area contributed by atoms with Gasteiger partial charge in [-0.2, -0.15) is 0 Å². The summed E-state index contributed by atoms with van der Waals surface area (Å²) in [7, 11) is 0. The van der Waals surface area contributed by atoms with Crippen molar-refractivity contribution in [1.29, 1.82) is 0 Å². The molecule has 0 saturated carbocycles. The Morgan fingerprint density at radius 2 is 1.65 bits per heavy atom. The summed E-state index contributed by atoms with van der Waals surface area (Å²) in [5.41, 5.74) is 3.35. The number of carbonyl (C=O) groups excluding carboxylic acids is 1. The van der Waals surface area contributed by atoms with Gasteiger partial charge in [0.1, 0.15) is 5.82 Å². The third-order valence-corrected chi connectivity index (χ3v) is 5.02. The van der Waals surface area contributed by atoms with Gasteiger partial charge in [-0.25, -0.2) is 4.39 Å². The zero-order valence-corrected chi connectivity index (χ0v) is 15.4. The molecule has 0 spiro atoms. The fourth-order valence-electron chi connectivity index (χ4n) is 3.23. The lowest BCUT2D eigenvalue weighted by molar-refractivity contribution is -0.126. The molecule has 138 valence electrons. The van der Waals surface area contributed by atoms with Gasteiger partial charge >= 0.3 is 0 Å². The van der Waals surface area contributed by atoms with Crippen LogP contribution in [0.5, 0.6) is 0 Å². The van der Waals surface area contributed by atoms with Gasteiger partial charge in [0.25, 0.3) is 0 Å². The Morgan fingerprint density at radius 3 is 2.27 bits per heavy atom. The number of nitrogens with one attached hydrogen (secondary N) is 1. The van der Waals surface area contributed by atoms with Crippen LogP contribution in [0.25, 0.3) is 0 Å². The largest absolute Gasteiger partial charge is 0.369 e. The van der Waals surface area contributed by atoms with Crippen LogP contribution in [0.15, 0.2) is 48.5 Å². The number of benzene rings is 2. The number of halogens is 1. The Kier molecular flexibility index (Phi) is 5.89. The Morgan fingerprint density at radius 1 is 1.04 bits per heavy atom. The van der Waals surface area contributed by atoms with E-state index in [4.69, 9.17) is 0 Å². The molecule has 5 heteroatoms. The molecule has 3 rings (SSSR count). The first kappa shape index (κ1) is 18.4. The third-order valence-electron chi connectivity index (χ3n) is 5.02. The van der Waals surface area contributed by atoms with Crippen molar-refractivity contribution in [3.05, 3.63) is 65.5 Å². The highest BCUT2D eigenvalue weighted by Crippen LogP contribution is 2.18. The van der Waals surface area contributed by atoms with E-state index in [0.717, 1.165) is 37.4 Å². The Bertz CT molecular complexity index is 722. The van der Waals surface area contributed by atoms with Gasteiger partial charge < -0.3 is 10.2 Å². The maximum atomic E-state index is 13.1. The predicted molar refractivity (Wildman–Crippen MR) is 103 cm³/mol. The molecule has 1 unspecified atom stereocenters. The number of aryl methyl sites for hydroxylation is 1. The van der Waals surface area contributed by atoms with Crippen molar-refractivity contribution in [3.63, 3.8) is 0 Å². The van der Waals surface area contributed by atoms with Gasteiger partial charge in [-0.3, -0.25) is 9.69 Å². The fraction of sp³-hybridized carbons (Fsp3) is 0.381. The van der Waals surface area contributed by atoms with E-state index in [9.17, 15) is 9.18 Å². The molecule has 0 aromatic heterocycles. The van der Waals surface area contributed by atoms with Crippen molar-refractivity contribution in [3.8, 4) is 0 Å². The molecule has 4 nitrogen and oxygen atoms in total. The van der Waals surface area contributed by atoms with Crippen LogP contribution >= 0.6 is 0 Å². The zero-order valence-electron chi connectivity index (χ0n) is 15.4. The van der Waals surface area contributed by atoms with E-state index >= 15 is 0 Å². The van der Waals surface area contributed by atoms with E-state index in [2.05, 4.69) is 34.2 Å². The highest BCUT2D eigenvalue weighted by molar-refractivity contribution is 5.81. The zero-order chi connectivity index (χ0) is 18.5. The van der Waals surface area contributed by atoms with Crippen LogP contribution < -0.4 is 10.2 Å². The van der Waals surface area contributed by atoms with Crippen molar-refractivity contribution in [2.45, 2.75) is 26.4 Å². The average Bonchev–Trinajstić information content (AvgIpc) is 2.67. The number of rotatable bonds is 5. The van der Waals surface area contributed by atoms with Gasteiger partial charge in [0.2, 0.25) is 5.91 Å². The van der Waals surface area contributed by atoms with Crippen molar-refractivity contribution in [2.75, 3.05) is 31.1 Å². The second kappa shape index (κ2) is 8.32. The minimum absolute atomic E-state index is 0.0563. The van der Waals surface area contributed by atoms with Crippen LogP contribution in [0.3, 0.4) is 0 Å². The van der Waals surface area contributed by atoms with E-state index in [1.54, 1.807) is 0 Å². The summed E-state index contributed by atoms with van der Waals surface area (Å²) in [4.78, 5) is 16.9. The third kappa shape index (κ3) is 4.61. The molecule has 2 aromatic carbocycles. The van der Waals surface area contributed by atoms with E-state index in [1.807, 2.05) is 31.2 Å². The number of nitrogens with zero attached hydrogens (tertiary/aromatic N) is 2. The summed E-state index contributed by atoms with van der Waals surface area (Å²) in [6.07, 6.45) is 0. The lowest BCUT2D eigenvalue weighted by Crippen LogP contribution is -2.53. The molecule has 1 fully saturated rings. The van der Waals surface area contributed by atoms with Crippen molar-refractivity contribution in [1.82, 2.24) is 10.2 Å². The lowest BCUT2D eigenvalue weighted by Gasteiger charge is -2.38. The predicted octanol–water partition coefficient (Wildman–Crippen LogP) is 2.96. The number of hydrogen-bond donors (Lipinski definition) is 1. The minimum atomic E-state index is -0.216. The smallest absolute Gasteiger partial charge is 0.237 e. The van der Waals surface area contributed by atoms with Crippen LogP contribution in [0.2, 0.25) is 0 Å². The molecule has 1 amide bonds. The highest BCUT2D eigenvalue weighted by Gasteiger charge is 2.25. The summed E-state index contributed by atoms with van der Waals surface area (Å²) >= 11 is 0. The van der Waals surface area contributed by atoms with Crippen molar-refractivity contribution in [2.24, 2.45) is 0 Å². The van der Waals surface area contributed by atoms with Crippen LogP contribution in [0.4, 0.5) is 10.1 Å². The summed E-state index contributed by atoms with van der Waals surface area (Å²) in [5.74, 6) is -0.160. The molecule has 1 heterocycles. The van der Waals surface area contributed by atoms with Crippen LogP contribution in [0.1, 0.15) is 18.1 Å². The quantitative estimate of drug-likeness (QED) is 0.896. The minimum Gasteiger partial charge on any atom is -0.369 e. The second-order valence-corrected chi connectivity index (χ2v) is 6.88. The monoisotopic (exact) mass is 355 g/mol. The number of amides is 1. The van der Waals surface area contributed by atoms with E-state index in [-0.39, 0.29) is 17.8 Å². The van der Waals surface area contributed by atoms with Gasteiger partial charge in [0.05, 0.1) is 6.04 Å². The van der Waals surface area contributed by atoms with Crippen molar-refractivity contribution < 1.29 is 9.18 Å². The fourth-order valence-corrected chi connectivity index (χ4v) is 3.23. The molecule has 1 atom stereocenters. The first-order valence-electron chi connectivity index (χ1n) is 9.11. The summed E-state index contributed by atoms with van der Waals surface area (Å²) < 4.78 is 13.1. The molecule has 1 aliphatic heterocycles. The molecule has 2 aromatic rings. The molecule has 26 heavy (non-hydrogen) atoms. The Hall–Kier alpha value is -2.40. The number of piperazine rings is 1. The summed E-state index contributed by atoms with van der Waals surface area (Å²) in [6, 6.07) is 14.6. The normalized spacial score (nSPS) is 16.3. The maximum absolute atomic E-state index is 13.1. The SMILES string of the molecule is Cc1ccc(CNC(=O)C(C)N2CCN(c3ccc(F)cc3)CC2)cc1. The molecular formula is C21H26FN3O. The number of hydrogen-bond acceptors (Lipinski definition) is 3. The van der Waals surface area contributed by atoms with E-state index in [0.29, 0.717) is 6.54 Å². The number of anilines is 1. The Labute approximate surface area is 154 Å². The van der Waals surface area contributed by atoms with Crippen molar-refractivity contribution >= 4 is 11.6 Å². The number of carbonyl (C=O) groups is 1. The van der Waals surface area contributed by atoms with Gasteiger partial charge in [-0.05, 0) is 43.7 Å². The van der Waals surface area contributed by atoms with Gasteiger partial charge in [0.15, 0.2) is 0 Å². The van der Waals surface area contributed by atoms with Crippen LogP contribution in [0, 0.1) is 12.7 Å². The summed E-state index contributed by atoms with van der Waals surface area (Å²) in [6.45, 7) is 7.86. The van der Waals surface area contributed by atoms with Gasteiger partial charge in [-0.15, -0.1) is 0 Å². The lowest BCUT2D eigenvalue weighted by atomic mass is 10.1. The van der Waals surface area contributed by atoms with Crippen LogP contribution in [-0.2, 0) is 11.3 Å². The highest BCUT2D eigenvalue weighted by atomic mass is 19.1. The first-order chi connectivity index (χ1) is 12.5. The molecule has 1 aliphatic rings. The summed E-state index contributed by atoms with van der Waals surface area (Å²) in [5, 5.41) is 3.03. The molecule has 1 N–H and O–H groups in total. The topological polar surface area (TPSA) is 35.6 Å². The van der Waals surface area contributed by atoms with Crippen LogP contribution in [-0.4, -0.2) is 43.0 Å². The Balaban J connectivity index is 1.48. The average molecular weight is 355 g/mol. The standard InChI is InChI=1S/C21H26FN3O/c1-16-3-5-18(6-4-16)15-23-21(26)17(2)24-11-13-25(14-12-24)20-9-7-19(22)8-10-20/h3-10,17H,11-15H2,1-2H3,(H,23,26). The molecule has 1 saturated heterocycles. The van der Waals surface area contributed by atoms with E-state index < -0.39 is 0 Å². The molecule has 0 radical (unpaired) electrons. The van der Waals surface area contributed by atoms with Gasteiger partial charge in [-0.1, -0.05) is 29.8 Å². The molecule has 0 aliphatic carbocycles. The van der Waals surface area contributed by atoms with E-state index in [1.165, 1.54) is 17.7 Å². The first-order valence-corrected chi connectivity index (χ1v) is 9.11. The molecule has 0 bridgehead atoms. The molecular weight excluding hydrogens is 329 g/mol. The maximum Gasteiger partial charge on any atom is 0.237 e. The van der Waals surface area contributed by atoms with Gasteiger partial charge in [0, 0.05) is 38.4 Å². The second-order valence-electron chi connectivity index (χ2n) is 6.88.